The molecule has 3 N–H and O–H groups in total. The second-order valence-electron chi connectivity index (χ2n) is 4.21. The van der Waals surface area contributed by atoms with Crippen molar-refractivity contribution in [2.45, 2.75) is 32.9 Å². The summed E-state index contributed by atoms with van der Waals surface area (Å²) >= 11 is 0. The molecular formula is C12H20N6. The molecule has 2 heterocycles. The van der Waals surface area contributed by atoms with Gasteiger partial charge in [0.05, 0.1) is 17.1 Å². The maximum absolute atomic E-state index is 5.71. The van der Waals surface area contributed by atoms with E-state index in [-0.39, 0.29) is 6.04 Å². The summed E-state index contributed by atoms with van der Waals surface area (Å²) in [4.78, 5) is 0. The van der Waals surface area contributed by atoms with E-state index >= 15 is 0 Å². The van der Waals surface area contributed by atoms with Crippen LogP contribution >= 0.6 is 0 Å². The Kier molecular flexibility index (Phi) is 3.78. The summed E-state index contributed by atoms with van der Waals surface area (Å²) < 4.78 is 3.81. The molecule has 0 aliphatic heterocycles. The lowest BCUT2D eigenvalue weighted by Gasteiger charge is -2.17. The molecule has 0 saturated heterocycles. The van der Waals surface area contributed by atoms with E-state index in [4.69, 9.17) is 5.84 Å². The third-order valence-electron chi connectivity index (χ3n) is 3.14. The maximum Gasteiger partial charge on any atom is 0.104 e. The first kappa shape index (κ1) is 12.8. The number of nitrogens with two attached hydrogens (primary N) is 1. The lowest BCUT2D eigenvalue weighted by Crippen LogP contribution is -2.32. The van der Waals surface area contributed by atoms with Gasteiger partial charge in [-0.25, -0.2) is 5.43 Å². The van der Waals surface area contributed by atoms with Crippen LogP contribution in [0.25, 0.3) is 0 Å². The maximum atomic E-state index is 5.71. The van der Waals surface area contributed by atoms with Crippen LogP contribution in [-0.2, 0) is 20.0 Å². The van der Waals surface area contributed by atoms with Crippen LogP contribution in [0.1, 0.15) is 37.0 Å². The van der Waals surface area contributed by atoms with Crippen molar-refractivity contribution in [3.63, 3.8) is 0 Å². The zero-order valence-electron chi connectivity index (χ0n) is 11.1. The van der Waals surface area contributed by atoms with Crippen LogP contribution in [0, 0.1) is 0 Å². The fourth-order valence-corrected chi connectivity index (χ4v) is 2.16. The van der Waals surface area contributed by atoms with Crippen LogP contribution in [0.2, 0.25) is 0 Å². The number of nitrogens with one attached hydrogen (secondary N) is 1. The van der Waals surface area contributed by atoms with Gasteiger partial charge in [0, 0.05) is 19.8 Å². The summed E-state index contributed by atoms with van der Waals surface area (Å²) in [6.07, 6.45) is 2.71. The predicted octanol–water partition coefficient (Wildman–Crippen LogP) is 0.752. The summed E-state index contributed by atoms with van der Waals surface area (Å²) in [6.45, 7) is 4.97. The van der Waals surface area contributed by atoms with Crippen molar-refractivity contribution in [1.29, 1.82) is 0 Å². The molecule has 1 atom stereocenters. The molecule has 18 heavy (non-hydrogen) atoms. The van der Waals surface area contributed by atoms with Crippen molar-refractivity contribution in [3.8, 4) is 0 Å². The van der Waals surface area contributed by atoms with E-state index < -0.39 is 0 Å². The smallest absolute Gasteiger partial charge is 0.104 e. The molecule has 0 fully saturated rings. The van der Waals surface area contributed by atoms with Crippen LogP contribution in [0.15, 0.2) is 18.3 Å². The Bertz CT molecular complexity index is 512. The standard InChI is InChI=1S/C12H20N6/c1-4-9-8-11(17(3)16-9)12(15-13)10-6-7-14-18(10)5-2/h6-8,12,15H,4-5,13H2,1-3H3. The summed E-state index contributed by atoms with van der Waals surface area (Å²) in [5, 5.41) is 8.73. The number of aromatic nitrogens is 4. The molecule has 2 rings (SSSR count). The molecule has 0 aromatic carbocycles. The Morgan fingerprint density at radius 3 is 2.72 bits per heavy atom. The number of hydrogen-bond acceptors (Lipinski definition) is 4. The molecule has 0 amide bonds. The lowest BCUT2D eigenvalue weighted by molar-refractivity contribution is 0.515. The first-order chi connectivity index (χ1) is 8.71. The van der Waals surface area contributed by atoms with E-state index in [0.717, 1.165) is 30.0 Å². The number of aryl methyl sites for hydroxylation is 3. The van der Waals surface area contributed by atoms with Crippen molar-refractivity contribution in [2.24, 2.45) is 12.9 Å². The second-order valence-corrected chi connectivity index (χ2v) is 4.21. The highest BCUT2D eigenvalue weighted by atomic mass is 15.3. The largest absolute Gasteiger partial charge is 0.270 e. The molecule has 0 aliphatic carbocycles. The van der Waals surface area contributed by atoms with Crippen molar-refractivity contribution in [1.82, 2.24) is 25.0 Å². The molecule has 2 aromatic rings. The molecule has 1 unspecified atom stereocenters. The molecule has 0 saturated carbocycles. The van der Waals surface area contributed by atoms with Gasteiger partial charge in [-0.1, -0.05) is 6.92 Å². The molecule has 0 spiro atoms. The first-order valence-electron chi connectivity index (χ1n) is 6.21. The first-order valence-corrected chi connectivity index (χ1v) is 6.21. The number of hydrogen-bond donors (Lipinski definition) is 2. The van der Waals surface area contributed by atoms with Gasteiger partial charge in [-0.05, 0) is 25.5 Å². The Labute approximate surface area is 107 Å². The van der Waals surface area contributed by atoms with E-state index in [1.807, 2.05) is 22.5 Å². The second kappa shape index (κ2) is 5.32. The van der Waals surface area contributed by atoms with E-state index in [9.17, 15) is 0 Å². The Balaban J connectivity index is 2.41. The van der Waals surface area contributed by atoms with E-state index in [2.05, 4.69) is 35.5 Å². The van der Waals surface area contributed by atoms with Crippen molar-refractivity contribution >= 4 is 0 Å². The van der Waals surface area contributed by atoms with Crippen molar-refractivity contribution < 1.29 is 0 Å². The van der Waals surface area contributed by atoms with Gasteiger partial charge in [-0.3, -0.25) is 15.2 Å². The normalized spacial score (nSPS) is 12.9. The number of rotatable bonds is 5. The van der Waals surface area contributed by atoms with Gasteiger partial charge in [0.2, 0.25) is 0 Å². The summed E-state index contributed by atoms with van der Waals surface area (Å²) in [5.74, 6) is 5.71. The van der Waals surface area contributed by atoms with Gasteiger partial charge in [0.1, 0.15) is 6.04 Å². The van der Waals surface area contributed by atoms with Crippen LogP contribution in [-0.4, -0.2) is 19.6 Å². The minimum absolute atomic E-state index is 0.0924. The highest BCUT2D eigenvalue weighted by Gasteiger charge is 2.20. The van der Waals surface area contributed by atoms with Gasteiger partial charge in [-0.2, -0.15) is 10.2 Å². The summed E-state index contributed by atoms with van der Waals surface area (Å²) in [7, 11) is 1.94. The van der Waals surface area contributed by atoms with Crippen LogP contribution < -0.4 is 11.3 Å². The number of nitrogens with zero attached hydrogens (tertiary/aromatic N) is 4. The quantitative estimate of drug-likeness (QED) is 0.605. The van der Waals surface area contributed by atoms with Crippen LogP contribution in [0.3, 0.4) is 0 Å². The van der Waals surface area contributed by atoms with E-state index in [1.165, 1.54) is 0 Å². The Morgan fingerprint density at radius 2 is 2.17 bits per heavy atom. The molecule has 6 nitrogen and oxygen atoms in total. The monoisotopic (exact) mass is 248 g/mol. The Hall–Kier alpha value is -1.66. The van der Waals surface area contributed by atoms with Gasteiger partial charge >= 0.3 is 0 Å². The highest BCUT2D eigenvalue weighted by Crippen LogP contribution is 2.21. The molecular weight excluding hydrogens is 228 g/mol. The summed E-state index contributed by atoms with van der Waals surface area (Å²) in [5.41, 5.74) is 6.01. The fourth-order valence-electron chi connectivity index (χ4n) is 2.16. The van der Waals surface area contributed by atoms with Gasteiger partial charge in [0.15, 0.2) is 0 Å². The van der Waals surface area contributed by atoms with Gasteiger partial charge in [-0.15, -0.1) is 0 Å². The summed E-state index contributed by atoms with van der Waals surface area (Å²) in [6, 6.07) is 3.97. The van der Waals surface area contributed by atoms with Crippen LogP contribution in [0.5, 0.6) is 0 Å². The topological polar surface area (TPSA) is 73.7 Å². The molecule has 6 heteroatoms. The lowest BCUT2D eigenvalue weighted by atomic mass is 10.1. The minimum Gasteiger partial charge on any atom is -0.270 e. The van der Waals surface area contributed by atoms with Crippen molar-refractivity contribution in [2.75, 3.05) is 0 Å². The SMILES string of the molecule is CCc1cc(C(NN)c2ccnn2CC)n(C)n1. The average Bonchev–Trinajstić information content (AvgIpc) is 2.98. The minimum atomic E-state index is -0.0924. The molecule has 0 bridgehead atoms. The number of hydrazine groups is 1. The Morgan fingerprint density at radius 1 is 1.39 bits per heavy atom. The van der Waals surface area contributed by atoms with E-state index in [0.29, 0.717) is 0 Å². The third kappa shape index (κ3) is 2.16. The molecule has 98 valence electrons. The molecule has 0 radical (unpaired) electrons. The van der Waals surface area contributed by atoms with Crippen molar-refractivity contribution in [3.05, 3.63) is 35.4 Å². The zero-order chi connectivity index (χ0) is 13.1. The van der Waals surface area contributed by atoms with Crippen LogP contribution in [0.4, 0.5) is 0 Å². The third-order valence-corrected chi connectivity index (χ3v) is 3.14. The van der Waals surface area contributed by atoms with E-state index in [1.54, 1.807) is 6.20 Å². The zero-order valence-corrected chi connectivity index (χ0v) is 11.1. The highest BCUT2D eigenvalue weighted by molar-refractivity contribution is 5.23. The predicted molar refractivity (Wildman–Crippen MR) is 69.7 cm³/mol. The molecule has 0 aliphatic rings. The fraction of sp³-hybridized carbons (Fsp3) is 0.500. The van der Waals surface area contributed by atoms with Gasteiger partial charge in [0.25, 0.3) is 0 Å². The average molecular weight is 248 g/mol. The molecule has 2 aromatic heterocycles. The van der Waals surface area contributed by atoms with Gasteiger partial charge < -0.3 is 0 Å².